The van der Waals surface area contributed by atoms with Gasteiger partial charge in [0.2, 0.25) is 11.8 Å². The van der Waals surface area contributed by atoms with Crippen LogP contribution in [-0.4, -0.2) is 31.8 Å². The Bertz CT molecular complexity index is 1420. The van der Waals surface area contributed by atoms with Crippen molar-refractivity contribution < 1.29 is 9.15 Å². The number of pyridine rings is 1. The number of nitrogens with zero attached hydrogens (tertiary/aromatic N) is 5. The molecule has 3 heterocycles. The third-order valence-electron chi connectivity index (χ3n) is 6.53. The molecule has 1 aliphatic rings. The fourth-order valence-corrected chi connectivity index (χ4v) is 4.81. The fraction of sp³-hybridized carbons (Fsp3) is 0.259. The Kier molecular flexibility index (Phi) is 5.30. The van der Waals surface area contributed by atoms with E-state index >= 15 is 0 Å². The smallest absolute Gasteiger partial charge is 0.248 e. The van der Waals surface area contributed by atoms with E-state index in [4.69, 9.17) is 14.1 Å². The lowest BCUT2D eigenvalue weighted by molar-refractivity contribution is 0.362. The maximum absolute atomic E-state index is 6.01. The lowest BCUT2D eigenvalue weighted by Crippen LogP contribution is -2.14. The highest BCUT2D eigenvalue weighted by atomic mass is 16.5. The predicted octanol–water partition coefficient (Wildman–Crippen LogP) is 6.33. The first-order chi connectivity index (χ1) is 16.8. The molecular weight excluding hydrogens is 426 g/mol. The zero-order chi connectivity index (χ0) is 22.9. The van der Waals surface area contributed by atoms with E-state index < -0.39 is 0 Å². The number of methoxy groups -OCH3 is 1. The zero-order valence-corrected chi connectivity index (χ0v) is 19.0. The number of benzene rings is 2. The van der Waals surface area contributed by atoms with Gasteiger partial charge in [0.05, 0.1) is 18.1 Å². The summed E-state index contributed by atoms with van der Waals surface area (Å²) in [6.45, 7) is 0. The number of hydrogen-bond donors (Lipinski definition) is 0. The summed E-state index contributed by atoms with van der Waals surface area (Å²) in [7, 11) is 1.64. The van der Waals surface area contributed by atoms with Gasteiger partial charge in [-0.3, -0.25) is 4.98 Å². The van der Waals surface area contributed by atoms with Crippen molar-refractivity contribution in [3.05, 3.63) is 66.9 Å². The molecule has 0 bridgehead atoms. The van der Waals surface area contributed by atoms with Crippen LogP contribution in [0.4, 0.5) is 0 Å². The van der Waals surface area contributed by atoms with Crippen LogP contribution in [0.5, 0.6) is 5.75 Å². The molecule has 0 radical (unpaired) electrons. The second-order valence-corrected chi connectivity index (χ2v) is 8.66. The minimum Gasteiger partial charge on any atom is -0.497 e. The van der Waals surface area contributed by atoms with Crippen LogP contribution in [0.1, 0.15) is 38.1 Å². The molecule has 170 valence electrons. The molecule has 3 aromatic heterocycles. The summed E-state index contributed by atoms with van der Waals surface area (Å²) >= 11 is 0. The summed E-state index contributed by atoms with van der Waals surface area (Å²) < 4.78 is 13.6. The molecule has 0 saturated heterocycles. The molecule has 0 spiro atoms. The van der Waals surface area contributed by atoms with E-state index in [2.05, 4.69) is 25.8 Å². The second-order valence-electron chi connectivity index (χ2n) is 8.66. The molecule has 6 rings (SSSR count). The van der Waals surface area contributed by atoms with Crippen molar-refractivity contribution >= 4 is 11.0 Å². The molecule has 5 aromatic rings. The Morgan fingerprint density at radius 1 is 0.882 bits per heavy atom. The maximum Gasteiger partial charge on any atom is 0.248 e. The van der Waals surface area contributed by atoms with Crippen LogP contribution in [0.3, 0.4) is 0 Å². The van der Waals surface area contributed by atoms with E-state index in [1.54, 1.807) is 7.11 Å². The van der Waals surface area contributed by atoms with Gasteiger partial charge in [-0.05, 0) is 67.4 Å². The van der Waals surface area contributed by atoms with Crippen molar-refractivity contribution in [2.75, 3.05) is 7.11 Å². The number of ether oxygens (including phenoxy) is 1. The van der Waals surface area contributed by atoms with Crippen molar-refractivity contribution in [3.63, 3.8) is 0 Å². The van der Waals surface area contributed by atoms with E-state index in [-0.39, 0.29) is 0 Å². The first kappa shape index (κ1) is 20.6. The third kappa shape index (κ3) is 3.73. The fourth-order valence-electron chi connectivity index (χ4n) is 4.81. The average Bonchev–Trinajstić information content (AvgIpc) is 3.55. The standard InChI is InChI=1S/C27H25N5O2/c1-33-21-13-10-18(11-14-21)26-30-31-27(34-26)19-12-15-24-23(17-19)29-25(22-9-5-6-16-28-22)32(24)20-7-3-2-4-8-20/h5-6,9-17,20H,2-4,7-8H2,1H3. The van der Waals surface area contributed by atoms with Gasteiger partial charge in [0, 0.05) is 23.4 Å². The van der Waals surface area contributed by atoms with E-state index in [1.165, 1.54) is 32.1 Å². The quantitative estimate of drug-likeness (QED) is 0.311. The van der Waals surface area contributed by atoms with E-state index in [0.717, 1.165) is 39.4 Å². The van der Waals surface area contributed by atoms with Crippen LogP contribution >= 0.6 is 0 Å². The number of aromatic nitrogens is 5. The highest BCUT2D eigenvalue weighted by molar-refractivity contribution is 5.84. The molecule has 1 saturated carbocycles. The van der Waals surface area contributed by atoms with E-state index in [0.29, 0.717) is 17.8 Å². The van der Waals surface area contributed by atoms with Crippen LogP contribution in [0.2, 0.25) is 0 Å². The van der Waals surface area contributed by atoms with Crippen molar-refractivity contribution in [1.82, 2.24) is 24.7 Å². The van der Waals surface area contributed by atoms with Crippen molar-refractivity contribution in [2.24, 2.45) is 0 Å². The third-order valence-corrected chi connectivity index (χ3v) is 6.53. The highest BCUT2D eigenvalue weighted by Crippen LogP contribution is 2.36. The lowest BCUT2D eigenvalue weighted by Gasteiger charge is -2.25. The molecule has 0 amide bonds. The van der Waals surface area contributed by atoms with Gasteiger partial charge < -0.3 is 13.7 Å². The summed E-state index contributed by atoms with van der Waals surface area (Å²) in [4.78, 5) is 9.62. The molecule has 2 aromatic carbocycles. The Balaban J connectivity index is 1.40. The van der Waals surface area contributed by atoms with Gasteiger partial charge in [-0.2, -0.15) is 0 Å². The summed E-state index contributed by atoms with van der Waals surface area (Å²) in [5.41, 5.74) is 4.62. The van der Waals surface area contributed by atoms with Crippen LogP contribution in [-0.2, 0) is 0 Å². The molecule has 0 unspecified atom stereocenters. The van der Waals surface area contributed by atoms with E-state index in [1.807, 2.05) is 60.8 Å². The summed E-state index contributed by atoms with van der Waals surface area (Å²) in [5, 5.41) is 8.54. The number of rotatable bonds is 5. The average molecular weight is 452 g/mol. The Morgan fingerprint density at radius 3 is 2.38 bits per heavy atom. The summed E-state index contributed by atoms with van der Waals surface area (Å²) in [6.07, 6.45) is 7.97. The van der Waals surface area contributed by atoms with Gasteiger partial charge >= 0.3 is 0 Å². The first-order valence-electron chi connectivity index (χ1n) is 11.7. The van der Waals surface area contributed by atoms with Crippen LogP contribution in [0, 0.1) is 0 Å². The molecule has 34 heavy (non-hydrogen) atoms. The van der Waals surface area contributed by atoms with Gasteiger partial charge in [-0.25, -0.2) is 4.98 Å². The van der Waals surface area contributed by atoms with Crippen molar-refractivity contribution in [3.8, 4) is 40.2 Å². The number of hydrogen-bond acceptors (Lipinski definition) is 6. The first-order valence-corrected chi connectivity index (χ1v) is 11.7. The van der Waals surface area contributed by atoms with Crippen LogP contribution in [0.25, 0.3) is 45.5 Å². The Morgan fingerprint density at radius 2 is 1.65 bits per heavy atom. The minimum atomic E-state index is 0.437. The summed E-state index contributed by atoms with van der Waals surface area (Å²) in [5.74, 6) is 2.65. The van der Waals surface area contributed by atoms with Crippen LogP contribution in [0.15, 0.2) is 71.3 Å². The molecular formula is C27H25N5O2. The number of imidazole rings is 1. The SMILES string of the molecule is COc1ccc(-c2nnc(-c3ccc4c(c3)nc(-c3ccccn3)n4C3CCCCC3)o2)cc1. The number of fused-ring (bicyclic) bond motifs is 1. The highest BCUT2D eigenvalue weighted by Gasteiger charge is 2.23. The zero-order valence-electron chi connectivity index (χ0n) is 19.0. The minimum absolute atomic E-state index is 0.437. The normalized spacial score (nSPS) is 14.5. The van der Waals surface area contributed by atoms with Gasteiger partial charge in [-0.1, -0.05) is 25.3 Å². The monoisotopic (exact) mass is 451 g/mol. The largest absolute Gasteiger partial charge is 0.497 e. The topological polar surface area (TPSA) is 78.9 Å². The molecule has 0 aliphatic heterocycles. The molecule has 1 aliphatic carbocycles. The Labute approximate surface area is 197 Å². The van der Waals surface area contributed by atoms with E-state index in [9.17, 15) is 0 Å². The van der Waals surface area contributed by atoms with Crippen LogP contribution < -0.4 is 4.74 Å². The molecule has 1 fully saturated rings. The lowest BCUT2D eigenvalue weighted by atomic mass is 9.95. The predicted molar refractivity (Wildman–Crippen MR) is 130 cm³/mol. The van der Waals surface area contributed by atoms with Gasteiger partial charge in [0.1, 0.15) is 11.4 Å². The van der Waals surface area contributed by atoms with Gasteiger partial charge in [-0.15, -0.1) is 10.2 Å². The van der Waals surface area contributed by atoms with Crippen molar-refractivity contribution in [1.29, 1.82) is 0 Å². The van der Waals surface area contributed by atoms with Gasteiger partial charge in [0.25, 0.3) is 0 Å². The molecule has 7 nitrogen and oxygen atoms in total. The maximum atomic E-state index is 6.01. The molecule has 0 N–H and O–H groups in total. The molecule has 7 heteroatoms. The summed E-state index contributed by atoms with van der Waals surface area (Å²) in [6, 6.07) is 20.2. The second kappa shape index (κ2) is 8.74. The Hall–Kier alpha value is -4.00. The van der Waals surface area contributed by atoms with Gasteiger partial charge in [0.15, 0.2) is 5.82 Å². The van der Waals surface area contributed by atoms with Crippen molar-refractivity contribution in [2.45, 2.75) is 38.1 Å². The molecule has 0 atom stereocenters.